The second kappa shape index (κ2) is 5.42. The fourth-order valence-corrected chi connectivity index (χ4v) is 3.66. The topological polar surface area (TPSA) is 72.2 Å². The van der Waals surface area contributed by atoms with Gasteiger partial charge in [-0.3, -0.25) is 0 Å². The van der Waals surface area contributed by atoms with Crippen molar-refractivity contribution in [2.24, 2.45) is 5.73 Å². The summed E-state index contributed by atoms with van der Waals surface area (Å²) in [5.74, 6) is -0.132. The molecule has 1 aromatic rings. The van der Waals surface area contributed by atoms with Gasteiger partial charge >= 0.3 is 0 Å². The predicted octanol–water partition coefficient (Wildman–Crippen LogP) is 1.45. The zero-order valence-electron chi connectivity index (χ0n) is 10.2. The molecule has 0 saturated carbocycles. The van der Waals surface area contributed by atoms with Crippen LogP contribution in [0.3, 0.4) is 0 Å². The van der Waals surface area contributed by atoms with Crippen LogP contribution < -0.4 is 11.1 Å². The highest BCUT2D eigenvalue weighted by atomic mass is 32.2. The third kappa shape index (κ3) is 3.63. The first kappa shape index (κ1) is 14.2. The van der Waals surface area contributed by atoms with Crippen LogP contribution in [0.1, 0.15) is 18.4 Å². The minimum atomic E-state index is -2.90. The number of nitrogens with one attached hydrogen (secondary N) is 1. The molecule has 1 aromatic carbocycles. The first-order valence-electron chi connectivity index (χ1n) is 5.94. The van der Waals surface area contributed by atoms with Crippen molar-refractivity contribution in [3.63, 3.8) is 0 Å². The fourth-order valence-electron chi connectivity index (χ4n) is 2.04. The standard InChI is InChI=1S/C12H15FN2O2S2/c13-10-7-8(12(14)18)1-2-11(10)15-9-3-5-19(16,17)6-4-9/h1-2,7,9,15H,3-6H2,(H2,14,18). The van der Waals surface area contributed by atoms with E-state index in [2.05, 4.69) is 5.32 Å². The molecule has 1 saturated heterocycles. The van der Waals surface area contributed by atoms with Gasteiger partial charge in [-0.15, -0.1) is 0 Å². The highest BCUT2D eigenvalue weighted by Gasteiger charge is 2.23. The smallest absolute Gasteiger partial charge is 0.150 e. The highest BCUT2D eigenvalue weighted by Crippen LogP contribution is 2.21. The van der Waals surface area contributed by atoms with E-state index in [-0.39, 0.29) is 22.5 Å². The number of sulfone groups is 1. The van der Waals surface area contributed by atoms with E-state index < -0.39 is 15.7 Å². The molecule has 0 aliphatic carbocycles. The third-order valence-corrected chi connectivity index (χ3v) is 5.12. The number of benzene rings is 1. The van der Waals surface area contributed by atoms with Crippen molar-refractivity contribution >= 4 is 32.7 Å². The molecule has 19 heavy (non-hydrogen) atoms. The van der Waals surface area contributed by atoms with E-state index in [1.807, 2.05) is 0 Å². The van der Waals surface area contributed by atoms with Gasteiger partial charge in [0.25, 0.3) is 0 Å². The van der Waals surface area contributed by atoms with Crippen LogP contribution in [0.2, 0.25) is 0 Å². The minimum Gasteiger partial charge on any atom is -0.389 e. The number of anilines is 1. The number of halogens is 1. The van der Waals surface area contributed by atoms with Crippen LogP contribution in [0.5, 0.6) is 0 Å². The van der Waals surface area contributed by atoms with Gasteiger partial charge in [0.15, 0.2) is 0 Å². The van der Waals surface area contributed by atoms with Crippen molar-refractivity contribution in [3.8, 4) is 0 Å². The van der Waals surface area contributed by atoms with Crippen molar-refractivity contribution in [2.45, 2.75) is 18.9 Å². The van der Waals surface area contributed by atoms with Crippen LogP contribution in [0.4, 0.5) is 10.1 Å². The summed E-state index contributed by atoms with van der Waals surface area (Å²) < 4.78 is 36.4. The molecule has 3 N–H and O–H groups in total. The van der Waals surface area contributed by atoms with E-state index >= 15 is 0 Å². The molecule has 0 unspecified atom stereocenters. The molecule has 1 heterocycles. The zero-order valence-corrected chi connectivity index (χ0v) is 11.9. The Labute approximate surface area is 117 Å². The molecule has 1 fully saturated rings. The number of hydrogen-bond acceptors (Lipinski definition) is 4. The molecule has 7 heteroatoms. The summed E-state index contributed by atoms with van der Waals surface area (Å²) in [6.07, 6.45) is 0.998. The Kier molecular flexibility index (Phi) is 4.05. The number of nitrogens with two attached hydrogens (primary N) is 1. The average Bonchev–Trinajstić information content (AvgIpc) is 2.34. The Hall–Kier alpha value is -1.21. The van der Waals surface area contributed by atoms with Crippen LogP contribution in [0.15, 0.2) is 18.2 Å². The van der Waals surface area contributed by atoms with E-state index in [4.69, 9.17) is 18.0 Å². The van der Waals surface area contributed by atoms with Crippen LogP contribution in [-0.4, -0.2) is 31.0 Å². The van der Waals surface area contributed by atoms with Crippen molar-refractivity contribution in [2.75, 3.05) is 16.8 Å². The molecule has 2 rings (SSSR count). The van der Waals surface area contributed by atoms with E-state index in [0.717, 1.165) is 0 Å². The van der Waals surface area contributed by atoms with Gasteiger partial charge in [-0.25, -0.2) is 12.8 Å². The molecule has 0 spiro atoms. The van der Waals surface area contributed by atoms with Crippen LogP contribution >= 0.6 is 12.2 Å². The van der Waals surface area contributed by atoms with Crippen LogP contribution in [0.25, 0.3) is 0 Å². The monoisotopic (exact) mass is 302 g/mol. The summed E-state index contributed by atoms with van der Waals surface area (Å²) in [5, 5.41) is 3.03. The first-order chi connectivity index (χ1) is 8.87. The minimum absolute atomic E-state index is 0.0197. The maximum atomic E-state index is 13.8. The van der Waals surface area contributed by atoms with Gasteiger partial charge in [0.1, 0.15) is 20.6 Å². The SMILES string of the molecule is NC(=S)c1ccc(NC2CCS(=O)(=O)CC2)c(F)c1. The van der Waals surface area contributed by atoms with Crippen molar-refractivity contribution in [1.29, 1.82) is 0 Å². The Morgan fingerprint density at radius 1 is 1.37 bits per heavy atom. The van der Waals surface area contributed by atoms with E-state index in [9.17, 15) is 12.8 Å². The Morgan fingerprint density at radius 3 is 2.53 bits per heavy atom. The normalized spacial score (nSPS) is 19.0. The lowest BCUT2D eigenvalue weighted by Gasteiger charge is -2.24. The Balaban J connectivity index is 2.06. The summed E-state index contributed by atoms with van der Waals surface area (Å²) in [7, 11) is -2.90. The van der Waals surface area contributed by atoms with Crippen LogP contribution in [-0.2, 0) is 9.84 Å². The molecule has 0 bridgehead atoms. The lowest BCUT2D eigenvalue weighted by molar-refractivity contribution is 0.557. The Bertz CT molecular complexity index is 588. The highest BCUT2D eigenvalue weighted by molar-refractivity contribution is 7.91. The molecule has 0 aromatic heterocycles. The summed E-state index contributed by atoms with van der Waals surface area (Å²) in [5.41, 5.74) is 6.25. The van der Waals surface area contributed by atoms with Crippen LogP contribution in [0, 0.1) is 5.82 Å². The van der Waals surface area contributed by atoms with E-state index in [1.165, 1.54) is 6.07 Å². The fraction of sp³-hybridized carbons (Fsp3) is 0.417. The average molecular weight is 302 g/mol. The van der Waals surface area contributed by atoms with Gasteiger partial charge < -0.3 is 11.1 Å². The Morgan fingerprint density at radius 2 is 2.00 bits per heavy atom. The first-order valence-corrected chi connectivity index (χ1v) is 8.17. The molecule has 0 amide bonds. The molecule has 0 atom stereocenters. The largest absolute Gasteiger partial charge is 0.389 e. The predicted molar refractivity (Wildman–Crippen MR) is 77.6 cm³/mol. The molecule has 1 aliphatic rings. The van der Waals surface area contributed by atoms with Gasteiger partial charge in [-0.05, 0) is 31.0 Å². The summed E-state index contributed by atoms with van der Waals surface area (Å²) >= 11 is 4.78. The number of thiocarbonyl (C=S) groups is 1. The number of rotatable bonds is 3. The van der Waals surface area contributed by atoms with Gasteiger partial charge in [0.2, 0.25) is 0 Å². The van der Waals surface area contributed by atoms with Crippen molar-refractivity contribution in [1.82, 2.24) is 0 Å². The molecular weight excluding hydrogens is 287 g/mol. The molecule has 4 nitrogen and oxygen atoms in total. The quantitative estimate of drug-likeness (QED) is 0.827. The second-order valence-corrected chi connectivity index (χ2v) is 7.37. The summed E-state index contributed by atoms with van der Waals surface area (Å²) in [6.45, 7) is 0. The molecule has 104 valence electrons. The zero-order chi connectivity index (χ0) is 14.0. The van der Waals surface area contributed by atoms with Gasteiger partial charge in [-0.2, -0.15) is 0 Å². The maximum Gasteiger partial charge on any atom is 0.150 e. The van der Waals surface area contributed by atoms with Crippen molar-refractivity contribution < 1.29 is 12.8 Å². The summed E-state index contributed by atoms with van der Waals surface area (Å²) in [4.78, 5) is 0.147. The van der Waals surface area contributed by atoms with Crippen molar-refractivity contribution in [3.05, 3.63) is 29.6 Å². The maximum absolute atomic E-state index is 13.8. The van der Waals surface area contributed by atoms with Gasteiger partial charge in [0.05, 0.1) is 17.2 Å². The molecule has 1 aliphatic heterocycles. The lowest BCUT2D eigenvalue weighted by atomic mass is 10.1. The third-order valence-electron chi connectivity index (χ3n) is 3.17. The molecule has 0 radical (unpaired) electrons. The van der Waals surface area contributed by atoms with E-state index in [0.29, 0.717) is 24.1 Å². The second-order valence-electron chi connectivity index (χ2n) is 4.63. The van der Waals surface area contributed by atoms with E-state index in [1.54, 1.807) is 12.1 Å². The molecular formula is C12H15FN2O2S2. The lowest BCUT2D eigenvalue weighted by Crippen LogP contribution is -2.32. The number of hydrogen-bond donors (Lipinski definition) is 2. The van der Waals surface area contributed by atoms with Gasteiger partial charge in [0, 0.05) is 11.6 Å². The van der Waals surface area contributed by atoms with Gasteiger partial charge in [-0.1, -0.05) is 12.2 Å². The summed E-state index contributed by atoms with van der Waals surface area (Å²) in [6, 6.07) is 4.48.